The molecule has 0 saturated carbocycles. The van der Waals surface area contributed by atoms with Crippen molar-refractivity contribution in [1.29, 1.82) is 0 Å². The summed E-state index contributed by atoms with van der Waals surface area (Å²) in [7, 11) is 18.9. The van der Waals surface area contributed by atoms with Gasteiger partial charge in [-0.05, 0) is 106 Å². The SMILES string of the molecule is COc1cc(F)cc(N(C[C@H](O)CO)c2ccc3ncc(-c4cnn(C)c4)nc3c2)c1.COc1cc(OC)cc(N(CC2CNCCO2)c2ccc3ncc(-c4cnn(C)c4)nc3c2)c1.COc1cc(OC)cc(N(CCCn2cnc(C)n2)c2ccc3ncc(-c4cnn(C)c4)nc3c2)c1.COc1cc(OC)cc(N(CCCn2ncnc2C)c2ccc3ncc(-c4cnn(C)c4)nc3c2)c1. The van der Waals surface area contributed by atoms with Crippen molar-refractivity contribution in [3.05, 3.63) is 250 Å². The van der Waals surface area contributed by atoms with Crippen LogP contribution in [-0.2, 0) is 46.0 Å². The highest BCUT2D eigenvalue weighted by Crippen LogP contribution is 2.40. The van der Waals surface area contributed by atoms with Crippen molar-refractivity contribution < 1.29 is 52.5 Å². The van der Waals surface area contributed by atoms with E-state index in [1.54, 1.807) is 141 Å². The van der Waals surface area contributed by atoms with Crippen LogP contribution in [0.4, 0.5) is 49.9 Å². The molecule has 2 atom stereocenters. The van der Waals surface area contributed by atoms with Crippen LogP contribution < -0.4 is 58.1 Å². The molecule has 1 fully saturated rings. The van der Waals surface area contributed by atoms with Gasteiger partial charge in [0, 0.05) is 227 Å². The van der Waals surface area contributed by atoms with E-state index in [0.29, 0.717) is 47.0 Å². The van der Waals surface area contributed by atoms with E-state index in [1.807, 2.05) is 161 Å². The number of ether oxygens (including phenoxy) is 8. The number of nitrogens with zero attached hydrogens (tertiary/aromatic N) is 26. The predicted molar refractivity (Wildman–Crippen MR) is 521 cm³/mol. The number of methoxy groups -OCH3 is 7. The Bertz CT molecular complexity index is 7090. The molecule has 1 unspecified atom stereocenters. The van der Waals surface area contributed by atoms with Crippen LogP contribution in [0.3, 0.4) is 0 Å². The van der Waals surface area contributed by atoms with Crippen molar-refractivity contribution in [2.75, 3.05) is 122 Å². The number of benzene rings is 8. The Morgan fingerprint density at radius 3 is 1.12 bits per heavy atom. The van der Waals surface area contributed by atoms with Crippen LogP contribution in [0.15, 0.2) is 233 Å². The van der Waals surface area contributed by atoms with Crippen LogP contribution in [0.1, 0.15) is 24.5 Å². The maximum Gasteiger partial charge on any atom is 0.147 e. The summed E-state index contributed by atoms with van der Waals surface area (Å²) < 4.78 is 69.3. The molecular weight excluding hydrogens is 1750 g/mol. The fraction of sp³-hybridized carbons (Fsp3) is 0.273. The first-order chi connectivity index (χ1) is 66.6. The summed E-state index contributed by atoms with van der Waals surface area (Å²) >= 11 is 0. The van der Waals surface area contributed by atoms with Gasteiger partial charge in [0.15, 0.2) is 0 Å². The van der Waals surface area contributed by atoms with Crippen molar-refractivity contribution in [1.82, 2.24) is 114 Å². The number of rotatable bonds is 32. The summed E-state index contributed by atoms with van der Waals surface area (Å²) in [6, 6.07) is 45.7. The highest BCUT2D eigenvalue weighted by molar-refractivity contribution is 5.87. The molecule has 37 nitrogen and oxygen atoms in total. The summed E-state index contributed by atoms with van der Waals surface area (Å²) in [4.78, 5) is 54.5. The Morgan fingerprint density at radius 2 is 0.781 bits per heavy atom. The zero-order chi connectivity index (χ0) is 95.6. The molecule has 137 heavy (non-hydrogen) atoms. The minimum Gasteiger partial charge on any atom is -0.497 e. The van der Waals surface area contributed by atoms with E-state index in [0.717, 1.165) is 205 Å². The summed E-state index contributed by atoms with van der Waals surface area (Å²) in [5.41, 5.74) is 19.8. The molecule has 1 aliphatic heterocycles. The van der Waals surface area contributed by atoms with Gasteiger partial charge in [-0.1, -0.05) is 0 Å². The predicted octanol–water partition coefficient (Wildman–Crippen LogP) is 14.2. The second kappa shape index (κ2) is 43.7. The Labute approximate surface area is 789 Å². The smallest absolute Gasteiger partial charge is 0.147 e. The minimum atomic E-state index is -1.03. The molecule has 0 spiro atoms. The summed E-state index contributed by atoms with van der Waals surface area (Å²) in [5, 5.41) is 48.5. The van der Waals surface area contributed by atoms with Gasteiger partial charge in [-0.2, -0.15) is 30.6 Å². The molecule has 0 radical (unpaired) electrons. The quantitative estimate of drug-likeness (QED) is 0.0352. The van der Waals surface area contributed by atoms with Crippen LogP contribution in [0.5, 0.6) is 40.2 Å². The first-order valence-electron chi connectivity index (χ1n) is 44.1. The fourth-order valence-corrected chi connectivity index (χ4v) is 15.7. The van der Waals surface area contributed by atoms with E-state index in [9.17, 15) is 14.6 Å². The standard InChI is InChI=1S/2C26H28N8O2.C25H28N6O3.C22H22FN5O3/c1-18-28-17-33(31-18)8-5-9-34(21-10-22(35-3)13-23(11-21)36-4)20-6-7-24-25(12-20)30-26(15-27-24)19-14-29-32(2)16-19;1-18-28-17-30-34(18)9-5-8-33(21-10-22(35-3)13-23(11-21)36-4)20-6-7-24-25(12-20)31-26(15-27-24)19-14-29-32(2)16-19;1-30-15-17(12-28-30)25-14-27-23-5-4-18(10-24(23)29-25)31(16-22-13-26-6-7-34-22)19-8-20(32-2)11-21(9-19)33-3;1-27-11-14(9-25-27)22-10-24-20-4-3-16(8-21(20)26-22)28(12-18(30)13-29)17-5-15(23)6-19(7-17)31-2/h2*6-7,10-17H,5,8-9H2,1-4H3;4-5,8-12,14-15,22,26H,6-7,13,16H2,1-3H3;3-11,18,29-30H,12-13H2,1-2H3/t;;;18-/m...0/s1. The fourth-order valence-electron chi connectivity index (χ4n) is 15.7. The van der Waals surface area contributed by atoms with E-state index >= 15 is 0 Å². The Hall–Kier alpha value is -16.2. The summed E-state index contributed by atoms with van der Waals surface area (Å²) in [6.07, 6.45) is 25.8. The topological polar surface area (TPSA) is 375 Å². The average Bonchev–Trinajstić information content (AvgIpc) is 1.67. The number of halogens is 1. The molecule has 19 rings (SSSR count). The normalized spacial score (nSPS) is 12.5. The van der Waals surface area contributed by atoms with Crippen LogP contribution in [0, 0.1) is 19.7 Å². The number of hydrogen-bond acceptors (Lipinski definition) is 31. The molecule has 3 N–H and O–H groups in total. The molecule has 8 aromatic carbocycles. The molecular formula is C99H106FN27O10. The third-order valence-electron chi connectivity index (χ3n) is 22.7. The number of aromatic nitrogens is 22. The maximum atomic E-state index is 14.2. The molecule has 11 heterocycles. The molecule has 0 amide bonds. The van der Waals surface area contributed by atoms with Gasteiger partial charge in [-0.25, -0.2) is 34.3 Å². The lowest BCUT2D eigenvalue weighted by Crippen LogP contribution is -2.44. The van der Waals surface area contributed by atoms with Gasteiger partial charge < -0.3 is 73.0 Å². The van der Waals surface area contributed by atoms with Gasteiger partial charge in [0.25, 0.3) is 0 Å². The second-order valence-corrected chi connectivity index (χ2v) is 32.2. The number of nitrogens with one attached hydrogen (secondary N) is 1. The molecule has 38 heteroatoms. The zero-order valence-corrected chi connectivity index (χ0v) is 78.2. The third-order valence-corrected chi connectivity index (χ3v) is 22.7. The highest BCUT2D eigenvalue weighted by Gasteiger charge is 2.25. The Morgan fingerprint density at radius 1 is 0.416 bits per heavy atom. The number of morpholine rings is 1. The number of anilines is 8. The largest absolute Gasteiger partial charge is 0.497 e. The van der Waals surface area contributed by atoms with Crippen molar-refractivity contribution >= 4 is 89.6 Å². The summed E-state index contributed by atoms with van der Waals surface area (Å²) in [5.74, 6) is 5.87. The van der Waals surface area contributed by atoms with E-state index in [-0.39, 0.29) is 12.6 Å². The molecule has 0 aliphatic carbocycles. The molecule has 704 valence electrons. The van der Waals surface area contributed by atoms with Gasteiger partial charge in [0.1, 0.15) is 70.4 Å². The van der Waals surface area contributed by atoms with Crippen LogP contribution >= 0.6 is 0 Å². The van der Waals surface area contributed by atoms with E-state index in [4.69, 9.17) is 57.8 Å². The van der Waals surface area contributed by atoms with Crippen molar-refractivity contribution in [3.63, 3.8) is 0 Å². The van der Waals surface area contributed by atoms with Crippen molar-refractivity contribution in [2.45, 2.75) is 52.0 Å². The second-order valence-electron chi connectivity index (χ2n) is 32.2. The van der Waals surface area contributed by atoms with E-state index in [2.05, 4.69) is 117 Å². The van der Waals surface area contributed by atoms with Crippen LogP contribution in [0.2, 0.25) is 0 Å². The monoisotopic (exact) mass is 1850 g/mol. The lowest BCUT2D eigenvalue weighted by molar-refractivity contribution is 0.0346. The van der Waals surface area contributed by atoms with Gasteiger partial charge in [-0.3, -0.25) is 48.0 Å². The molecule has 18 aromatic rings. The highest BCUT2D eigenvalue weighted by atomic mass is 19.1. The van der Waals surface area contributed by atoms with Gasteiger partial charge in [0.2, 0.25) is 0 Å². The van der Waals surface area contributed by atoms with Gasteiger partial charge >= 0.3 is 0 Å². The zero-order valence-electron chi connectivity index (χ0n) is 78.2. The van der Waals surface area contributed by atoms with Gasteiger partial charge in [0.05, 0.1) is 205 Å². The maximum absolute atomic E-state index is 14.2. The summed E-state index contributed by atoms with van der Waals surface area (Å²) in [6.45, 7) is 9.43. The number of aliphatic hydroxyl groups excluding tert-OH is 2. The molecule has 10 aromatic heterocycles. The minimum absolute atomic E-state index is 0.0365. The third kappa shape index (κ3) is 23.4. The van der Waals surface area contributed by atoms with E-state index in [1.165, 1.54) is 19.2 Å². The average molecular weight is 1850 g/mol. The van der Waals surface area contributed by atoms with E-state index < -0.39 is 18.5 Å². The number of fused-ring (bicyclic) bond motifs is 4. The number of hydrogen-bond donors (Lipinski definition) is 3. The molecule has 0 bridgehead atoms. The first kappa shape index (κ1) is 94.0. The number of aryl methyl sites for hydroxylation is 8. The van der Waals surface area contributed by atoms with Crippen molar-refractivity contribution in [2.24, 2.45) is 28.2 Å². The lowest BCUT2D eigenvalue weighted by atomic mass is 10.1. The molecule has 1 aliphatic rings. The van der Waals surface area contributed by atoms with Crippen molar-refractivity contribution in [3.8, 4) is 85.3 Å². The lowest BCUT2D eigenvalue weighted by Gasteiger charge is -2.32. The molecule has 1 saturated heterocycles. The first-order valence-corrected chi connectivity index (χ1v) is 44.1. The van der Waals surface area contributed by atoms with Gasteiger partial charge in [-0.15, -0.1) is 0 Å². The Kier molecular flexibility index (Phi) is 30.0. The van der Waals surface area contributed by atoms with Crippen LogP contribution in [0.25, 0.3) is 89.2 Å². The Balaban J connectivity index is 0.000000132. The van der Waals surface area contributed by atoms with Crippen LogP contribution in [-0.4, -0.2) is 233 Å². The number of aliphatic hydroxyl groups is 2.